The predicted octanol–water partition coefficient (Wildman–Crippen LogP) is 4.43. The number of aromatic amines is 1. The zero-order chi connectivity index (χ0) is 25.6. The molecule has 190 valence electrons. The average molecular weight is 520 g/mol. The first-order valence-corrected chi connectivity index (χ1v) is 12.5. The van der Waals surface area contributed by atoms with Crippen LogP contribution in [0, 0.1) is 6.92 Å². The lowest BCUT2D eigenvalue weighted by Gasteiger charge is -2.12. The van der Waals surface area contributed by atoms with Gasteiger partial charge in [0.1, 0.15) is 11.6 Å². The Bertz CT molecular complexity index is 1370. The van der Waals surface area contributed by atoms with Gasteiger partial charge in [0.15, 0.2) is 23.1 Å². The standard InChI is InChI=1S/C26H25N5O5S/c1-16(24-29-17(2)30-31-24)34-20-10-8-19(9-11-20)13-27-25(32)23-26(28-15-37-23)36-22-14-33-21(35-22)12-18-6-4-3-5-7-18/h3-11,14-16,21H,12-13H2,1-2H3,(H,27,32)(H,29,30,31). The summed E-state index contributed by atoms with van der Waals surface area (Å²) in [4.78, 5) is 21.6. The molecule has 1 aliphatic heterocycles. The molecule has 0 bridgehead atoms. The van der Waals surface area contributed by atoms with Crippen LogP contribution in [0.4, 0.5) is 0 Å². The third kappa shape index (κ3) is 6.25. The molecule has 0 saturated heterocycles. The van der Waals surface area contributed by atoms with E-state index < -0.39 is 6.29 Å². The Hall–Kier alpha value is -4.38. The van der Waals surface area contributed by atoms with E-state index in [1.165, 1.54) is 17.6 Å². The summed E-state index contributed by atoms with van der Waals surface area (Å²) < 4.78 is 22.8. The minimum absolute atomic E-state index is 0.158. The van der Waals surface area contributed by atoms with E-state index in [1.807, 2.05) is 68.4 Å². The molecule has 0 spiro atoms. The summed E-state index contributed by atoms with van der Waals surface area (Å²) in [5.74, 6) is 2.03. The second-order valence-corrected chi connectivity index (χ2v) is 9.12. The number of benzene rings is 2. The van der Waals surface area contributed by atoms with Gasteiger partial charge in [0.2, 0.25) is 12.2 Å². The largest absolute Gasteiger partial charge is 0.483 e. The number of aryl methyl sites for hydroxylation is 1. The lowest BCUT2D eigenvalue weighted by Crippen LogP contribution is -2.22. The van der Waals surface area contributed by atoms with Crippen LogP contribution < -0.4 is 14.8 Å². The van der Waals surface area contributed by atoms with E-state index in [9.17, 15) is 4.79 Å². The Labute approximate surface area is 217 Å². The SMILES string of the molecule is Cc1nc(C(C)Oc2ccc(CNC(=O)c3scnc3OC3=COC(Cc4ccccc4)O3)cc2)n[nH]1. The van der Waals surface area contributed by atoms with Crippen molar-refractivity contribution in [3.63, 3.8) is 0 Å². The average Bonchev–Trinajstić information content (AvgIpc) is 3.66. The van der Waals surface area contributed by atoms with Crippen molar-refractivity contribution in [3.05, 3.63) is 100.0 Å². The Kier molecular flexibility index (Phi) is 7.31. The molecule has 11 heteroatoms. The van der Waals surface area contributed by atoms with E-state index in [4.69, 9.17) is 18.9 Å². The minimum atomic E-state index is -0.497. The highest BCUT2D eigenvalue weighted by Gasteiger charge is 2.25. The van der Waals surface area contributed by atoms with Gasteiger partial charge in [-0.05, 0) is 37.1 Å². The van der Waals surface area contributed by atoms with Crippen LogP contribution in [-0.4, -0.2) is 32.4 Å². The van der Waals surface area contributed by atoms with E-state index in [-0.39, 0.29) is 23.8 Å². The van der Waals surface area contributed by atoms with Crippen molar-refractivity contribution in [2.45, 2.75) is 39.2 Å². The van der Waals surface area contributed by atoms with Crippen LogP contribution in [0.25, 0.3) is 0 Å². The van der Waals surface area contributed by atoms with Crippen molar-refractivity contribution < 1.29 is 23.7 Å². The van der Waals surface area contributed by atoms with Gasteiger partial charge >= 0.3 is 5.95 Å². The van der Waals surface area contributed by atoms with Gasteiger partial charge in [-0.3, -0.25) is 9.89 Å². The third-order valence-corrected chi connectivity index (χ3v) is 6.22. The van der Waals surface area contributed by atoms with Gasteiger partial charge in [-0.1, -0.05) is 42.5 Å². The van der Waals surface area contributed by atoms with Crippen LogP contribution in [0.1, 0.15) is 45.5 Å². The zero-order valence-corrected chi connectivity index (χ0v) is 21.0. The number of nitrogens with one attached hydrogen (secondary N) is 2. The fourth-order valence-electron chi connectivity index (χ4n) is 3.56. The molecule has 3 heterocycles. The normalized spacial score (nSPS) is 15.3. The van der Waals surface area contributed by atoms with Crippen LogP contribution in [-0.2, 0) is 22.4 Å². The Balaban J connectivity index is 1.11. The van der Waals surface area contributed by atoms with Crippen molar-refractivity contribution in [1.82, 2.24) is 25.5 Å². The molecule has 1 amide bonds. The summed E-state index contributed by atoms with van der Waals surface area (Å²) >= 11 is 1.18. The molecule has 1 aliphatic rings. The van der Waals surface area contributed by atoms with Crippen molar-refractivity contribution in [2.24, 2.45) is 0 Å². The van der Waals surface area contributed by atoms with Crippen molar-refractivity contribution >= 4 is 17.2 Å². The van der Waals surface area contributed by atoms with Crippen molar-refractivity contribution in [1.29, 1.82) is 0 Å². The summed E-state index contributed by atoms with van der Waals surface area (Å²) in [5, 5.41) is 9.82. The smallest absolute Gasteiger partial charge is 0.325 e. The van der Waals surface area contributed by atoms with Gasteiger partial charge in [-0.25, -0.2) is 9.97 Å². The summed E-state index contributed by atoms with van der Waals surface area (Å²) in [5.41, 5.74) is 3.54. The third-order valence-electron chi connectivity index (χ3n) is 5.41. The van der Waals surface area contributed by atoms with Crippen molar-refractivity contribution in [3.8, 4) is 11.6 Å². The molecule has 0 saturated carbocycles. The number of carbonyl (C=O) groups excluding carboxylic acids is 1. The number of amides is 1. The zero-order valence-electron chi connectivity index (χ0n) is 20.2. The number of H-pyrrole nitrogens is 1. The molecular formula is C26H25N5O5S. The fraction of sp³-hybridized carbons (Fsp3) is 0.231. The quantitative estimate of drug-likeness (QED) is 0.316. The highest BCUT2D eigenvalue weighted by molar-refractivity contribution is 7.12. The second-order valence-electron chi connectivity index (χ2n) is 8.26. The van der Waals surface area contributed by atoms with Crippen molar-refractivity contribution in [2.75, 3.05) is 0 Å². The Morgan fingerprint density at radius 2 is 1.97 bits per heavy atom. The summed E-state index contributed by atoms with van der Waals surface area (Å²) in [7, 11) is 0. The fourth-order valence-corrected chi connectivity index (χ4v) is 4.19. The molecular weight excluding hydrogens is 494 g/mol. The first kappa shape index (κ1) is 24.3. The van der Waals surface area contributed by atoms with Gasteiger partial charge in [-0.2, -0.15) is 5.10 Å². The Morgan fingerprint density at radius 1 is 1.16 bits per heavy atom. The molecule has 5 rings (SSSR count). The first-order valence-electron chi connectivity index (χ1n) is 11.6. The van der Waals surface area contributed by atoms with E-state index in [0.717, 1.165) is 17.0 Å². The van der Waals surface area contributed by atoms with Crippen LogP contribution in [0.5, 0.6) is 11.6 Å². The number of nitrogens with zero attached hydrogens (tertiary/aromatic N) is 3. The van der Waals surface area contributed by atoms with Crippen LogP contribution >= 0.6 is 11.3 Å². The predicted molar refractivity (Wildman–Crippen MR) is 135 cm³/mol. The monoisotopic (exact) mass is 519 g/mol. The molecule has 10 nitrogen and oxygen atoms in total. The molecule has 0 radical (unpaired) electrons. The number of rotatable bonds is 10. The molecule has 2 N–H and O–H groups in total. The van der Waals surface area contributed by atoms with E-state index in [2.05, 4.69) is 25.5 Å². The van der Waals surface area contributed by atoms with Gasteiger partial charge < -0.3 is 24.3 Å². The number of hydrogen-bond donors (Lipinski definition) is 2. The number of carbonyl (C=O) groups is 1. The molecule has 0 fully saturated rings. The van der Waals surface area contributed by atoms with E-state index >= 15 is 0 Å². The number of thiazole rings is 1. The van der Waals surface area contributed by atoms with Gasteiger partial charge in [0.25, 0.3) is 5.91 Å². The van der Waals surface area contributed by atoms with Crippen LogP contribution in [0.15, 0.2) is 72.3 Å². The highest BCUT2D eigenvalue weighted by Crippen LogP contribution is 2.27. The van der Waals surface area contributed by atoms with E-state index in [1.54, 1.807) is 5.51 Å². The molecule has 4 aromatic rings. The summed E-state index contributed by atoms with van der Waals surface area (Å²) in [6.45, 7) is 4.05. The van der Waals surface area contributed by atoms with Gasteiger partial charge in [0.05, 0.1) is 5.51 Å². The lowest BCUT2D eigenvalue weighted by atomic mass is 10.1. The Morgan fingerprint density at radius 3 is 2.73 bits per heavy atom. The number of ether oxygens (including phenoxy) is 4. The maximum atomic E-state index is 12.8. The number of aromatic nitrogens is 4. The molecule has 2 atom stereocenters. The molecule has 2 unspecified atom stereocenters. The summed E-state index contributed by atoms with van der Waals surface area (Å²) in [6.07, 6.45) is 1.17. The number of hydrogen-bond acceptors (Lipinski definition) is 9. The minimum Gasteiger partial charge on any atom is -0.483 e. The maximum absolute atomic E-state index is 12.8. The molecule has 2 aromatic carbocycles. The molecule has 0 aliphatic carbocycles. The van der Waals surface area contributed by atoms with Gasteiger partial charge in [-0.15, -0.1) is 11.3 Å². The van der Waals surface area contributed by atoms with Crippen LogP contribution in [0.2, 0.25) is 0 Å². The lowest BCUT2D eigenvalue weighted by molar-refractivity contribution is -0.0524. The van der Waals surface area contributed by atoms with Crippen LogP contribution in [0.3, 0.4) is 0 Å². The molecule has 37 heavy (non-hydrogen) atoms. The topological polar surface area (TPSA) is 120 Å². The van der Waals surface area contributed by atoms with E-state index in [0.29, 0.717) is 29.4 Å². The first-order chi connectivity index (χ1) is 18.0. The maximum Gasteiger partial charge on any atom is 0.325 e. The summed E-state index contributed by atoms with van der Waals surface area (Å²) in [6, 6.07) is 17.3. The highest BCUT2D eigenvalue weighted by atomic mass is 32.1. The molecule has 2 aromatic heterocycles. The second kappa shape index (κ2) is 11.1. The van der Waals surface area contributed by atoms with Gasteiger partial charge in [0, 0.05) is 13.0 Å².